The van der Waals surface area contributed by atoms with Crippen LogP contribution in [0.1, 0.15) is 31.7 Å². The first-order chi connectivity index (χ1) is 10.1. The van der Waals surface area contributed by atoms with E-state index in [9.17, 15) is 9.18 Å². The van der Waals surface area contributed by atoms with Crippen molar-refractivity contribution in [2.45, 2.75) is 26.2 Å². The monoisotopic (exact) mass is 285 g/mol. The lowest BCUT2D eigenvalue weighted by molar-refractivity contribution is -0.118. The normalized spacial score (nSPS) is 13.5. The molecule has 0 aliphatic rings. The number of benzene rings is 2. The quantitative estimate of drug-likeness (QED) is 0.855. The van der Waals surface area contributed by atoms with Gasteiger partial charge in [0, 0.05) is 5.69 Å². The molecule has 0 aliphatic heterocycles. The van der Waals surface area contributed by atoms with E-state index in [1.807, 2.05) is 30.3 Å². The van der Waals surface area contributed by atoms with Gasteiger partial charge in [0.15, 0.2) is 0 Å². The van der Waals surface area contributed by atoms with Gasteiger partial charge >= 0.3 is 0 Å². The Morgan fingerprint density at radius 1 is 1.10 bits per heavy atom. The molecule has 0 fully saturated rings. The number of hydrogen-bond donors (Lipinski definition) is 1. The van der Waals surface area contributed by atoms with Crippen molar-refractivity contribution in [3.63, 3.8) is 0 Å². The number of hydrogen-bond acceptors (Lipinski definition) is 1. The first-order valence-corrected chi connectivity index (χ1v) is 7.23. The topological polar surface area (TPSA) is 29.1 Å². The fourth-order valence-electron chi connectivity index (χ4n) is 2.39. The highest BCUT2D eigenvalue weighted by molar-refractivity contribution is 5.96. The standard InChI is InChI=1S/C18H20FNO/c1-3-13(2)17(14-7-5-4-6-8-14)18(21)20-16-11-9-15(19)10-12-16/h4-13,17H,3H2,1-2H3,(H,20,21)/t13-,17-/m0/s1. The second-order valence-electron chi connectivity index (χ2n) is 5.27. The summed E-state index contributed by atoms with van der Waals surface area (Å²) in [5.74, 6) is -0.342. The van der Waals surface area contributed by atoms with E-state index in [2.05, 4.69) is 19.2 Å². The molecule has 2 aromatic carbocycles. The SMILES string of the molecule is CC[C@H](C)[C@H](C(=O)Nc1ccc(F)cc1)c1ccccc1. The molecule has 0 bridgehead atoms. The number of rotatable bonds is 5. The van der Waals surface area contributed by atoms with Crippen LogP contribution < -0.4 is 5.32 Å². The van der Waals surface area contributed by atoms with Crippen LogP contribution in [-0.2, 0) is 4.79 Å². The molecule has 21 heavy (non-hydrogen) atoms. The molecule has 1 amide bonds. The zero-order valence-electron chi connectivity index (χ0n) is 12.3. The summed E-state index contributed by atoms with van der Waals surface area (Å²) in [5.41, 5.74) is 1.62. The average Bonchev–Trinajstić information content (AvgIpc) is 2.50. The molecule has 1 N–H and O–H groups in total. The molecule has 2 nitrogen and oxygen atoms in total. The molecular formula is C18H20FNO. The lowest BCUT2D eigenvalue weighted by atomic mass is 9.85. The van der Waals surface area contributed by atoms with Gasteiger partial charge in [-0.3, -0.25) is 4.79 Å². The molecule has 110 valence electrons. The molecule has 3 heteroatoms. The first kappa shape index (κ1) is 15.2. The summed E-state index contributed by atoms with van der Waals surface area (Å²) in [7, 11) is 0. The van der Waals surface area contributed by atoms with E-state index in [1.54, 1.807) is 12.1 Å². The van der Waals surface area contributed by atoms with Crippen molar-refractivity contribution in [3.05, 3.63) is 66.0 Å². The number of amides is 1. The lowest BCUT2D eigenvalue weighted by Gasteiger charge is -2.22. The van der Waals surface area contributed by atoms with Crippen molar-refractivity contribution in [1.29, 1.82) is 0 Å². The number of nitrogens with one attached hydrogen (secondary N) is 1. The molecule has 0 spiro atoms. The summed E-state index contributed by atoms with van der Waals surface area (Å²) < 4.78 is 12.9. The Bertz CT molecular complexity index is 580. The fourth-order valence-corrected chi connectivity index (χ4v) is 2.39. The van der Waals surface area contributed by atoms with Gasteiger partial charge in [0.2, 0.25) is 5.91 Å². The minimum atomic E-state index is -0.311. The van der Waals surface area contributed by atoms with Crippen LogP contribution in [-0.4, -0.2) is 5.91 Å². The molecule has 0 saturated carbocycles. The van der Waals surface area contributed by atoms with Gasteiger partial charge in [-0.1, -0.05) is 50.6 Å². The Balaban J connectivity index is 2.20. The third kappa shape index (κ3) is 3.91. The van der Waals surface area contributed by atoms with Crippen LogP contribution >= 0.6 is 0 Å². The average molecular weight is 285 g/mol. The van der Waals surface area contributed by atoms with Crippen molar-refractivity contribution < 1.29 is 9.18 Å². The second-order valence-corrected chi connectivity index (χ2v) is 5.27. The molecule has 0 unspecified atom stereocenters. The highest BCUT2D eigenvalue weighted by atomic mass is 19.1. The Morgan fingerprint density at radius 3 is 2.29 bits per heavy atom. The second kappa shape index (κ2) is 7.02. The predicted octanol–water partition coefficient (Wildman–Crippen LogP) is 4.59. The number of halogens is 1. The number of anilines is 1. The van der Waals surface area contributed by atoms with E-state index < -0.39 is 0 Å². The smallest absolute Gasteiger partial charge is 0.232 e. The summed E-state index contributed by atoms with van der Waals surface area (Å²) >= 11 is 0. The Labute approximate surface area is 125 Å². The van der Waals surface area contributed by atoms with Gasteiger partial charge in [-0.15, -0.1) is 0 Å². The summed E-state index contributed by atoms with van der Waals surface area (Å²) in [4.78, 5) is 12.6. The molecule has 0 saturated heterocycles. The van der Waals surface area contributed by atoms with E-state index in [-0.39, 0.29) is 23.6 Å². The van der Waals surface area contributed by atoms with Gasteiger partial charge in [-0.25, -0.2) is 4.39 Å². The van der Waals surface area contributed by atoms with Crippen LogP contribution in [0.25, 0.3) is 0 Å². The van der Waals surface area contributed by atoms with Crippen molar-refractivity contribution in [1.82, 2.24) is 0 Å². The van der Waals surface area contributed by atoms with Gasteiger partial charge in [0.1, 0.15) is 5.82 Å². The maximum absolute atomic E-state index is 12.9. The third-order valence-corrected chi connectivity index (χ3v) is 3.77. The van der Waals surface area contributed by atoms with Crippen LogP contribution in [0.15, 0.2) is 54.6 Å². The van der Waals surface area contributed by atoms with Crippen LogP contribution in [0.2, 0.25) is 0 Å². The first-order valence-electron chi connectivity index (χ1n) is 7.23. The van der Waals surface area contributed by atoms with E-state index in [0.717, 1.165) is 12.0 Å². The van der Waals surface area contributed by atoms with Crippen LogP contribution in [0.5, 0.6) is 0 Å². The summed E-state index contributed by atoms with van der Waals surface area (Å²) in [6, 6.07) is 15.6. The highest BCUT2D eigenvalue weighted by Gasteiger charge is 2.25. The van der Waals surface area contributed by atoms with E-state index in [0.29, 0.717) is 5.69 Å². The zero-order valence-corrected chi connectivity index (χ0v) is 12.3. The Morgan fingerprint density at radius 2 is 1.71 bits per heavy atom. The van der Waals surface area contributed by atoms with Crippen molar-refractivity contribution in [2.24, 2.45) is 5.92 Å². The van der Waals surface area contributed by atoms with Gasteiger partial charge in [0.25, 0.3) is 0 Å². The van der Waals surface area contributed by atoms with Crippen LogP contribution in [0, 0.1) is 11.7 Å². The molecule has 0 aromatic heterocycles. The van der Waals surface area contributed by atoms with Gasteiger partial charge in [0.05, 0.1) is 5.92 Å². The minimum absolute atomic E-state index is 0.0536. The van der Waals surface area contributed by atoms with Gasteiger partial charge < -0.3 is 5.32 Å². The maximum atomic E-state index is 12.9. The Kier molecular flexibility index (Phi) is 5.09. The summed E-state index contributed by atoms with van der Waals surface area (Å²) in [6.45, 7) is 4.15. The molecule has 0 aliphatic carbocycles. The van der Waals surface area contributed by atoms with Gasteiger partial charge in [-0.05, 0) is 35.7 Å². The molecule has 2 rings (SSSR count). The molecule has 0 heterocycles. The fraction of sp³-hybridized carbons (Fsp3) is 0.278. The van der Waals surface area contributed by atoms with Crippen molar-refractivity contribution in [2.75, 3.05) is 5.32 Å². The molecule has 2 atom stereocenters. The van der Waals surface area contributed by atoms with Crippen molar-refractivity contribution in [3.8, 4) is 0 Å². The third-order valence-electron chi connectivity index (χ3n) is 3.77. The highest BCUT2D eigenvalue weighted by Crippen LogP contribution is 2.28. The lowest BCUT2D eigenvalue weighted by Crippen LogP contribution is -2.26. The zero-order chi connectivity index (χ0) is 15.2. The van der Waals surface area contributed by atoms with E-state index in [4.69, 9.17) is 0 Å². The van der Waals surface area contributed by atoms with Gasteiger partial charge in [-0.2, -0.15) is 0 Å². The molecule has 0 radical (unpaired) electrons. The number of carbonyl (C=O) groups excluding carboxylic acids is 1. The van der Waals surface area contributed by atoms with E-state index in [1.165, 1.54) is 12.1 Å². The largest absolute Gasteiger partial charge is 0.326 e. The summed E-state index contributed by atoms with van der Waals surface area (Å²) in [6.07, 6.45) is 0.913. The maximum Gasteiger partial charge on any atom is 0.232 e. The van der Waals surface area contributed by atoms with Crippen molar-refractivity contribution >= 4 is 11.6 Å². The minimum Gasteiger partial charge on any atom is -0.326 e. The molecule has 2 aromatic rings. The predicted molar refractivity (Wildman–Crippen MR) is 83.7 cm³/mol. The van der Waals surface area contributed by atoms with E-state index >= 15 is 0 Å². The number of carbonyl (C=O) groups is 1. The molecular weight excluding hydrogens is 265 g/mol. The summed E-state index contributed by atoms with van der Waals surface area (Å²) in [5, 5.41) is 2.88. The van der Waals surface area contributed by atoms with Crippen LogP contribution in [0.3, 0.4) is 0 Å². The Hall–Kier alpha value is -2.16. The van der Waals surface area contributed by atoms with Crippen LogP contribution in [0.4, 0.5) is 10.1 Å².